The summed E-state index contributed by atoms with van der Waals surface area (Å²) < 4.78 is 11.4. The van der Waals surface area contributed by atoms with Crippen LogP contribution in [0.1, 0.15) is 60.9 Å². The molecule has 0 unspecified atom stereocenters. The first-order chi connectivity index (χ1) is 24.4. The first-order valence-corrected chi connectivity index (χ1v) is 19.2. The van der Waals surface area contributed by atoms with Crippen molar-refractivity contribution in [1.82, 2.24) is 35.7 Å². The molecule has 1 aromatic heterocycles. The number of carbonyl (C=O) groups is 4. The van der Waals surface area contributed by atoms with E-state index in [0.717, 1.165) is 30.4 Å². The molecule has 0 aliphatic carbocycles. The monoisotopic (exact) mass is 721 g/mol. The van der Waals surface area contributed by atoms with Gasteiger partial charge in [0, 0.05) is 25.2 Å². The molecule has 0 bridgehead atoms. The molecule has 2 aliphatic rings. The third kappa shape index (κ3) is 10.6. The SMILES string of the molecule is CN(C)[C@@H](Cc1ccc(CP(=O)(O)O)cc1)C(=O)N[C@H]1CCCC[C@H]2CC[C@@H](C(=O)N[C@@H](Cc3c[nH]cn3)C(=O)NCc3ccccc3)N2C1=O. The quantitative estimate of drug-likeness (QED) is 0.135. The summed E-state index contributed by atoms with van der Waals surface area (Å²) >= 11 is 0. The molecular weight excluding hydrogens is 673 g/mol. The summed E-state index contributed by atoms with van der Waals surface area (Å²) in [4.78, 5) is 84.4. The summed E-state index contributed by atoms with van der Waals surface area (Å²) in [5.74, 6) is -1.41. The lowest BCUT2D eigenvalue weighted by Crippen LogP contribution is -2.59. The van der Waals surface area contributed by atoms with E-state index in [2.05, 4.69) is 25.9 Å². The van der Waals surface area contributed by atoms with Crippen LogP contribution in [0.5, 0.6) is 0 Å². The van der Waals surface area contributed by atoms with Gasteiger partial charge < -0.3 is 35.6 Å². The number of likely N-dealkylation sites (N-methyl/N-ethyl adjacent to an activating group) is 1. The van der Waals surface area contributed by atoms with Crippen LogP contribution in [-0.4, -0.2) is 97.5 Å². The highest BCUT2D eigenvalue weighted by atomic mass is 31.2. The first-order valence-electron chi connectivity index (χ1n) is 17.4. The molecule has 4 amide bonds. The largest absolute Gasteiger partial charge is 0.351 e. The number of H-pyrrole nitrogens is 1. The highest BCUT2D eigenvalue weighted by molar-refractivity contribution is 7.50. The number of rotatable bonds is 14. The molecule has 274 valence electrons. The van der Waals surface area contributed by atoms with Crippen LogP contribution in [0.3, 0.4) is 0 Å². The summed E-state index contributed by atoms with van der Waals surface area (Å²) in [6.45, 7) is 0.292. The van der Waals surface area contributed by atoms with Crippen LogP contribution in [0.25, 0.3) is 0 Å². The predicted molar refractivity (Wildman–Crippen MR) is 190 cm³/mol. The summed E-state index contributed by atoms with van der Waals surface area (Å²) in [5.41, 5.74) is 2.83. The van der Waals surface area contributed by atoms with E-state index in [1.54, 1.807) is 54.4 Å². The summed E-state index contributed by atoms with van der Waals surface area (Å²) in [7, 11) is -0.653. The van der Waals surface area contributed by atoms with Gasteiger partial charge >= 0.3 is 7.60 Å². The van der Waals surface area contributed by atoms with Crippen LogP contribution in [0.4, 0.5) is 0 Å². The van der Waals surface area contributed by atoms with E-state index in [0.29, 0.717) is 43.5 Å². The summed E-state index contributed by atoms with van der Waals surface area (Å²) in [5, 5.41) is 8.82. The fourth-order valence-corrected chi connectivity index (χ4v) is 7.63. The van der Waals surface area contributed by atoms with Crippen molar-refractivity contribution in [3.63, 3.8) is 0 Å². The van der Waals surface area contributed by atoms with E-state index >= 15 is 0 Å². The molecule has 15 heteroatoms. The number of aromatic amines is 1. The van der Waals surface area contributed by atoms with Gasteiger partial charge in [0.1, 0.15) is 18.1 Å². The van der Waals surface area contributed by atoms with E-state index < -0.39 is 37.7 Å². The minimum atomic E-state index is -4.21. The van der Waals surface area contributed by atoms with Crippen molar-refractivity contribution in [3.05, 3.63) is 89.5 Å². The molecule has 3 heterocycles. The number of aromatic nitrogens is 2. The number of nitrogens with zero attached hydrogens (tertiary/aromatic N) is 3. The minimum Gasteiger partial charge on any atom is -0.351 e. The van der Waals surface area contributed by atoms with Crippen molar-refractivity contribution in [2.24, 2.45) is 0 Å². The standard InChI is InChI=1S/C36H48N7O7P/c1-42(2)32(18-24-12-14-26(15-13-24)22-51(48,49)50)35(46)40-29-11-7-6-10-28-16-17-31(43(28)36(29)47)34(45)41-30(19-27-21-37-23-39-27)33(44)38-20-25-8-4-3-5-9-25/h3-5,8-9,12-15,21,23,28-32H,6-7,10-11,16-20,22H2,1-2H3,(H,37,39)(H,38,44)(H,40,46)(H,41,45)(H2,48,49,50)/t28-,29-,30-,31-,32-/m0/s1. The number of hydrogen-bond acceptors (Lipinski definition) is 7. The number of carbonyl (C=O) groups excluding carboxylic acids is 4. The lowest BCUT2D eigenvalue weighted by Gasteiger charge is -2.36. The maximum absolute atomic E-state index is 14.2. The van der Waals surface area contributed by atoms with Crippen molar-refractivity contribution in [1.29, 1.82) is 0 Å². The molecule has 0 spiro atoms. The molecule has 2 aromatic carbocycles. The summed E-state index contributed by atoms with van der Waals surface area (Å²) in [6.07, 6.45) is 7.17. The van der Waals surface area contributed by atoms with Crippen molar-refractivity contribution >= 4 is 31.2 Å². The number of imidazole rings is 1. The second-order valence-corrected chi connectivity index (χ2v) is 15.3. The number of benzene rings is 2. The van der Waals surface area contributed by atoms with Crippen molar-refractivity contribution in [3.8, 4) is 0 Å². The molecule has 2 aliphatic heterocycles. The van der Waals surface area contributed by atoms with Gasteiger partial charge in [0.15, 0.2) is 0 Å². The van der Waals surface area contributed by atoms with Crippen LogP contribution in [0.15, 0.2) is 67.1 Å². The Balaban J connectivity index is 1.27. The van der Waals surface area contributed by atoms with E-state index in [1.807, 2.05) is 30.3 Å². The topological polar surface area (TPSA) is 197 Å². The van der Waals surface area contributed by atoms with Crippen molar-refractivity contribution in [2.75, 3.05) is 14.1 Å². The van der Waals surface area contributed by atoms with Crippen LogP contribution < -0.4 is 16.0 Å². The Labute approximate surface area is 297 Å². The lowest BCUT2D eigenvalue weighted by molar-refractivity contribution is -0.145. The van der Waals surface area contributed by atoms with Crippen LogP contribution in [0, 0.1) is 0 Å². The highest BCUT2D eigenvalue weighted by Gasteiger charge is 2.45. The Morgan fingerprint density at radius 2 is 1.65 bits per heavy atom. The molecule has 2 fully saturated rings. The number of hydrogen-bond donors (Lipinski definition) is 6. The van der Waals surface area contributed by atoms with E-state index in [-0.39, 0.29) is 36.3 Å². The molecule has 3 aromatic rings. The average Bonchev–Trinajstić information content (AvgIpc) is 3.76. The van der Waals surface area contributed by atoms with Crippen molar-refractivity contribution < 1.29 is 33.5 Å². The third-order valence-corrected chi connectivity index (χ3v) is 10.4. The van der Waals surface area contributed by atoms with Crippen LogP contribution in [0.2, 0.25) is 0 Å². The lowest BCUT2D eigenvalue weighted by atomic mass is 9.98. The molecule has 2 saturated heterocycles. The normalized spacial score (nSPS) is 20.5. The molecule has 14 nitrogen and oxygen atoms in total. The molecule has 5 rings (SSSR count). The van der Waals surface area contributed by atoms with Gasteiger partial charge in [-0.3, -0.25) is 28.6 Å². The second-order valence-electron chi connectivity index (χ2n) is 13.7. The zero-order valence-electron chi connectivity index (χ0n) is 29.0. The molecule has 0 saturated carbocycles. The first kappa shape index (κ1) is 37.9. The smallest absolute Gasteiger partial charge is 0.329 e. The highest BCUT2D eigenvalue weighted by Crippen LogP contribution is 2.39. The molecule has 0 radical (unpaired) electrons. The van der Waals surface area contributed by atoms with Gasteiger partial charge in [0.2, 0.25) is 23.6 Å². The Morgan fingerprint density at radius 1 is 0.941 bits per heavy atom. The molecule has 5 atom stereocenters. The van der Waals surface area contributed by atoms with Gasteiger partial charge in [-0.15, -0.1) is 0 Å². The third-order valence-electron chi connectivity index (χ3n) is 9.63. The van der Waals surface area contributed by atoms with E-state index in [1.165, 1.54) is 6.33 Å². The van der Waals surface area contributed by atoms with Gasteiger partial charge in [-0.05, 0) is 62.9 Å². The molecule has 6 N–H and O–H groups in total. The molecular formula is C36H48N7O7P. The predicted octanol–water partition coefficient (Wildman–Crippen LogP) is 2.02. The van der Waals surface area contributed by atoms with Gasteiger partial charge in [0.05, 0.1) is 24.2 Å². The number of amides is 4. The van der Waals surface area contributed by atoms with E-state index in [9.17, 15) is 33.5 Å². The fraction of sp³-hybridized carbons (Fsp3) is 0.472. The fourth-order valence-electron chi connectivity index (χ4n) is 6.94. The number of fused-ring (bicyclic) bond motifs is 1. The second kappa shape index (κ2) is 17.2. The minimum absolute atomic E-state index is 0.152. The molecule has 51 heavy (non-hydrogen) atoms. The van der Waals surface area contributed by atoms with Crippen LogP contribution >= 0.6 is 7.60 Å². The van der Waals surface area contributed by atoms with Gasteiger partial charge in [-0.25, -0.2) is 4.98 Å². The zero-order valence-corrected chi connectivity index (χ0v) is 29.9. The summed E-state index contributed by atoms with van der Waals surface area (Å²) in [6, 6.07) is 12.9. The maximum atomic E-state index is 14.2. The average molecular weight is 722 g/mol. The van der Waals surface area contributed by atoms with E-state index in [4.69, 9.17) is 0 Å². The Bertz CT molecular complexity index is 1680. The maximum Gasteiger partial charge on any atom is 0.329 e. The van der Waals surface area contributed by atoms with Crippen molar-refractivity contribution in [2.45, 2.75) is 94.3 Å². The Hall–Kier alpha value is -4.36. The van der Waals surface area contributed by atoms with Gasteiger partial charge in [0.25, 0.3) is 0 Å². The Morgan fingerprint density at radius 3 is 2.31 bits per heavy atom. The van der Waals surface area contributed by atoms with Gasteiger partial charge in [-0.2, -0.15) is 0 Å². The van der Waals surface area contributed by atoms with Crippen LogP contribution in [-0.2, 0) is 49.3 Å². The van der Waals surface area contributed by atoms with Gasteiger partial charge in [-0.1, -0.05) is 67.4 Å². The zero-order chi connectivity index (χ0) is 36.5. The Kier molecular flexibility index (Phi) is 12.8. The number of nitrogens with one attached hydrogen (secondary N) is 4.